The van der Waals surface area contributed by atoms with Crippen LogP contribution in [0.2, 0.25) is 0 Å². The molecule has 0 unspecified atom stereocenters. The molecule has 0 bridgehead atoms. The van der Waals surface area contributed by atoms with Gasteiger partial charge in [0, 0.05) is 12.6 Å². The van der Waals surface area contributed by atoms with Crippen molar-refractivity contribution in [1.29, 1.82) is 5.26 Å². The van der Waals surface area contributed by atoms with Gasteiger partial charge in [0.05, 0.1) is 0 Å². The summed E-state index contributed by atoms with van der Waals surface area (Å²) in [6, 6.07) is 0.302. The number of rotatable bonds is 4. The summed E-state index contributed by atoms with van der Waals surface area (Å²) >= 11 is 0. The topological polar surface area (TPSA) is 53.0 Å². The third-order valence-electron chi connectivity index (χ3n) is 1.35. The van der Waals surface area contributed by atoms with Crippen molar-refractivity contribution in [2.75, 3.05) is 13.1 Å². The van der Waals surface area contributed by atoms with Crippen LogP contribution >= 0.6 is 0 Å². The van der Waals surface area contributed by atoms with Gasteiger partial charge in [0.1, 0.15) is 0 Å². The van der Waals surface area contributed by atoms with Crippen molar-refractivity contribution >= 4 is 0 Å². The summed E-state index contributed by atoms with van der Waals surface area (Å²) in [6.07, 6.45) is 3.01. The first-order chi connectivity index (χ1) is 4.72. The molecule has 0 aromatic carbocycles. The van der Waals surface area contributed by atoms with Crippen molar-refractivity contribution in [2.45, 2.75) is 26.3 Å². The first kappa shape index (κ1) is 9.25. The molecule has 58 valence electrons. The Morgan fingerprint density at radius 3 is 2.50 bits per heavy atom. The van der Waals surface area contributed by atoms with Gasteiger partial charge in [0.25, 0.3) is 0 Å². The zero-order valence-corrected chi connectivity index (χ0v) is 6.67. The van der Waals surface area contributed by atoms with Gasteiger partial charge in [0.2, 0.25) is 0 Å². The number of hydrogen-bond donors (Lipinski definition) is 1. The zero-order chi connectivity index (χ0) is 7.98. The fraction of sp³-hybridized carbons (Fsp3) is 0.857. The summed E-state index contributed by atoms with van der Waals surface area (Å²) in [6.45, 7) is 5.44. The minimum absolute atomic E-state index is 0.302. The molecule has 0 saturated heterocycles. The van der Waals surface area contributed by atoms with E-state index in [0.29, 0.717) is 12.6 Å². The van der Waals surface area contributed by atoms with Crippen molar-refractivity contribution in [3.63, 3.8) is 0 Å². The normalized spacial score (nSPS) is 9.50. The lowest BCUT2D eigenvalue weighted by atomic mass is 10.3. The predicted octanol–water partition coefficient (Wildman–Crippen LogP) is 0.527. The van der Waals surface area contributed by atoms with Gasteiger partial charge < -0.3 is 10.6 Å². The molecule has 0 atom stereocenters. The van der Waals surface area contributed by atoms with Crippen LogP contribution in [0.25, 0.3) is 0 Å². The van der Waals surface area contributed by atoms with E-state index in [0.717, 1.165) is 13.0 Å². The van der Waals surface area contributed by atoms with Crippen LogP contribution in [0, 0.1) is 11.5 Å². The molecule has 0 aliphatic carbocycles. The second-order valence-corrected chi connectivity index (χ2v) is 2.53. The summed E-state index contributed by atoms with van der Waals surface area (Å²) in [5, 5.41) is 8.56. The first-order valence-electron chi connectivity index (χ1n) is 3.58. The standard InChI is InChI=1S/C7H15N3/c1-7(2)10(6-9)5-3-4-8/h7H,3-5,8H2,1-2H3. The van der Waals surface area contributed by atoms with Crippen molar-refractivity contribution in [3.8, 4) is 6.19 Å². The molecule has 10 heavy (non-hydrogen) atoms. The van der Waals surface area contributed by atoms with Crippen LogP contribution in [0.1, 0.15) is 20.3 Å². The van der Waals surface area contributed by atoms with Crippen LogP contribution in [0.5, 0.6) is 0 Å². The lowest BCUT2D eigenvalue weighted by molar-refractivity contribution is 0.323. The maximum atomic E-state index is 8.56. The highest BCUT2D eigenvalue weighted by molar-refractivity contribution is 4.76. The minimum atomic E-state index is 0.302. The van der Waals surface area contributed by atoms with E-state index in [2.05, 4.69) is 6.19 Å². The summed E-state index contributed by atoms with van der Waals surface area (Å²) in [5.74, 6) is 0. The Kier molecular flexibility index (Phi) is 4.69. The summed E-state index contributed by atoms with van der Waals surface area (Å²) < 4.78 is 0. The molecule has 0 spiro atoms. The SMILES string of the molecule is CC(C)N(C#N)CCCN. The van der Waals surface area contributed by atoms with Gasteiger partial charge in [-0.05, 0) is 26.8 Å². The molecule has 2 N–H and O–H groups in total. The Morgan fingerprint density at radius 1 is 1.60 bits per heavy atom. The Balaban J connectivity index is 3.53. The van der Waals surface area contributed by atoms with Crippen LogP contribution < -0.4 is 5.73 Å². The fourth-order valence-corrected chi connectivity index (χ4v) is 0.685. The highest BCUT2D eigenvalue weighted by Crippen LogP contribution is 1.95. The van der Waals surface area contributed by atoms with Gasteiger partial charge >= 0.3 is 0 Å². The van der Waals surface area contributed by atoms with Gasteiger partial charge in [-0.25, -0.2) is 0 Å². The number of nitrogens with zero attached hydrogens (tertiary/aromatic N) is 2. The van der Waals surface area contributed by atoms with Crippen molar-refractivity contribution in [3.05, 3.63) is 0 Å². The van der Waals surface area contributed by atoms with E-state index < -0.39 is 0 Å². The molecular weight excluding hydrogens is 126 g/mol. The third-order valence-corrected chi connectivity index (χ3v) is 1.35. The molecule has 0 aromatic heterocycles. The number of hydrogen-bond acceptors (Lipinski definition) is 3. The van der Waals surface area contributed by atoms with Crippen molar-refractivity contribution in [2.24, 2.45) is 5.73 Å². The van der Waals surface area contributed by atoms with Crippen LogP contribution in [-0.4, -0.2) is 24.0 Å². The second kappa shape index (κ2) is 5.07. The molecule has 0 heterocycles. The lowest BCUT2D eigenvalue weighted by Crippen LogP contribution is -2.27. The minimum Gasteiger partial charge on any atom is -0.330 e. The van der Waals surface area contributed by atoms with E-state index in [1.165, 1.54) is 0 Å². The summed E-state index contributed by atoms with van der Waals surface area (Å²) in [4.78, 5) is 1.73. The van der Waals surface area contributed by atoms with E-state index in [4.69, 9.17) is 11.0 Å². The maximum absolute atomic E-state index is 8.56. The van der Waals surface area contributed by atoms with Gasteiger partial charge in [-0.2, -0.15) is 5.26 Å². The van der Waals surface area contributed by atoms with Gasteiger partial charge in [-0.1, -0.05) is 0 Å². The average molecular weight is 141 g/mol. The molecule has 3 nitrogen and oxygen atoms in total. The molecule has 0 radical (unpaired) electrons. The molecule has 3 heteroatoms. The van der Waals surface area contributed by atoms with Crippen molar-refractivity contribution < 1.29 is 0 Å². The van der Waals surface area contributed by atoms with Crippen LogP contribution in [-0.2, 0) is 0 Å². The van der Waals surface area contributed by atoms with E-state index in [-0.39, 0.29) is 0 Å². The number of nitriles is 1. The van der Waals surface area contributed by atoms with Crippen LogP contribution in [0.3, 0.4) is 0 Å². The smallest absolute Gasteiger partial charge is 0.179 e. The van der Waals surface area contributed by atoms with Gasteiger partial charge in [-0.15, -0.1) is 0 Å². The lowest BCUT2D eigenvalue weighted by Gasteiger charge is -2.18. The fourth-order valence-electron chi connectivity index (χ4n) is 0.685. The van der Waals surface area contributed by atoms with Crippen molar-refractivity contribution in [1.82, 2.24) is 4.90 Å². The molecule has 0 amide bonds. The van der Waals surface area contributed by atoms with Gasteiger partial charge in [0.15, 0.2) is 6.19 Å². The molecule has 0 fully saturated rings. The largest absolute Gasteiger partial charge is 0.330 e. The molecule has 0 saturated carbocycles. The van der Waals surface area contributed by atoms with E-state index in [1.807, 2.05) is 13.8 Å². The molecule has 0 aliphatic heterocycles. The Morgan fingerprint density at radius 2 is 2.20 bits per heavy atom. The van der Waals surface area contributed by atoms with Gasteiger partial charge in [-0.3, -0.25) is 0 Å². The third kappa shape index (κ3) is 3.31. The van der Waals surface area contributed by atoms with E-state index in [1.54, 1.807) is 4.90 Å². The predicted molar refractivity (Wildman–Crippen MR) is 41.1 cm³/mol. The summed E-state index contributed by atoms with van der Waals surface area (Å²) in [7, 11) is 0. The van der Waals surface area contributed by atoms with E-state index in [9.17, 15) is 0 Å². The molecule has 0 aliphatic rings. The summed E-state index contributed by atoms with van der Waals surface area (Å²) in [5.41, 5.74) is 5.30. The monoisotopic (exact) mass is 141 g/mol. The number of nitrogens with two attached hydrogens (primary N) is 1. The average Bonchev–Trinajstić information content (AvgIpc) is 1.89. The second-order valence-electron chi connectivity index (χ2n) is 2.53. The van der Waals surface area contributed by atoms with E-state index >= 15 is 0 Å². The Labute approximate surface area is 62.4 Å². The highest BCUT2D eigenvalue weighted by atomic mass is 15.1. The molecule has 0 rings (SSSR count). The van der Waals surface area contributed by atoms with Crippen LogP contribution in [0.15, 0.2) is 0 Å². The Bertz CT molecular complexity index is 115. The zero-order valence-electron chi connectivity index (χ0n) is 6.67. The quantitative estimate of drug-likeness (QED) is 0.459. The molecular formula is C7H15N3. The maximum Gasteiger partial charge on any atom is 0.179 e. The highest BCUT2D eigenvalue weighted by Gasteiger charge is 2.03. The first-order valence-corrected chi connectivity index (χ1v) is 3.58. The Hall–Kier alpha value is -0.750. The van der Waals surface area contributed by atoms with Crippen LogP contribution in [0.4, 0.5) is 0 Å². The molecule has 0 aromatic rings.